The van der Waals surface area contributed by atoms with Crippen LogP contribution in [-0.4, -0.2) is 79.0 Å². The van der Waals surface area contributed by atoms with Crippen LogP contribution in [0.1, 0.15) is 52.0 Å². The third-order valence-corrected chi connectivity index (χ3v) is 8.11. The normalized spacial score (nSPS) is 30.4. The lowest BCUT2D eigenvalue weighted by Gasteiger charge is -2.36. The first-order valence-electron chi connectivity index (χ1n) is 14.2. The van der Waals surface area contributed by atoms with Gasteiger partial charge in [0.05, 0.1) is 23.6 Å². The molecule has 1 unspecified atom stereocenters. The molecule has 1 aromatic rings. The van der Waals surface area contributed by atoms with Crippen molar-refractivity contribution in [2.45, 2.75) is 77.3 Å². The van der Waals surface area contributed by atoms with Gasteiger partial charge in [-0.1, -0.05) is 32.1 Å². The van der Waals surface area contributed by atoms with E-state index in [0.29, 0.717) is 42.5 Å². The van der Waals surface area contributed by atoms with Crippen LogP contribution in [0.25, 0.3) is 0 Å². The molecule has 0 aromatic heterocycles. The minimum atomic E-state index is -0.938. The van der Waals surface area contributed by atoms with Crippen LogP contribution in [0.3, 0.4) is 0 Å². The number of nitrogens with one attached hydrogen (secondary N) is 1. The molecule has 2 bridgehead atoms. The third kappa shape index (κ3) is 7.93. The zero-order chi connectivity index (χ0) is 30.3. The van der Waals surface area contributed by atoms with E-state index in [9.17, 15) is 24.9 Å². The molecular formula is C30H45N3O8. The molecular weight excluding hydrogens is 530 g/mol. The van der Waals surface area contributed by atoms with E-state index in [1.54, 1.807) is 32.3 Å². The molecule has 11 nitrogen and oxygen atoms in total. The summed E-state index contributed by atoms with van der Waals surface area (Å²) in [6.45, 7) is 6.95. The van der Waals surface area contributed by atoms with Crippen molar-refractivity contribution in [3.8, 4) is 11.5 Å². The van der Waals surface area contributed by atoms with Crippen molar-refractivity contribution in [2.24, 2.45) is 17.6 Å². The largest absolute Gasteiger partial charge is 0.506 e. The molecule has 0 radical (unpaired) electrons. The van der Waals surface area contributed by atoms with Gasteiger partial charge in [-0.3, -0.25) is 4.79 Å². The molecule has 1 aromatic carbocycles. The number of hydrogen-bond acceptors (Lipinski definition) is 9. The van der Waals surface area contributed by atoms with Gasteiger partial charge in [0.15, 0.2) is 0 Å². The minimum Gasteiger partial charge on any atom is -0.506 e. The van der Waals surface area contributed by atoms with Crippen LogP contribution in [0, 0.1) is 11.8 Å². The Bertz CT molecular complexity index is 1130. The van der Waals surface area contributed by atoms with Crippen LogP contribution >= 0.6 is 0 Å². The number of rotatable bonds is 4. The summed E-state index contributed by atoms with van der Waals surface area (Å²) in [6.07, 6.45) is 4.09. The molecule has 2 heterocycles. The van der Waals surface area contributed by atoms with Gasteiger partial charge in [0.1, 0.15) is 23.7 Å². The summed E-state index contributed by atoms with van der Waals surface area (Å²) < 4.78 is 16.7. The first kappa shape index (κ1) is 32.2. The van der Waals surface area contributed by atoms with Crippen LogP contribution in [-0.2, 0) is 25.4 Å². The number of methoxy groups -OCH3 is 2. The molecule has 6 N–H and O–H groups in total. The highest BCUT2D eigenvalue weighted by Gasteiger charge is 2.33. The molecule has 1 fully saturated rings. The molecule has 6 atom stereocenters. The Kier molecular flexibility index (Phi) is 11.5. The number of primary amides is 1. The highest BCUT2D eigenvalue weighted by atomic mass is 16.6. The lowest BCUT2D eigenvalue weighted by molar-refractivity contribution is -0.112. The highest BCUT2D eigenvalue weighted by molar-refractivity contribution is 6.05. The predicted octanol–water partition coefficient (Wildman–Crippen LogP) is 3.60. The zero-order valence-electron chi connectivity index (χ0n) is 24.6. The smallest absolute Gasteiger partial charge is 0.404 e. The molecule has 3 rings (SSSR count). The Balaban J connectivity index is 2.02. The molecule has 2 aliphatic rings. The monoisotopic (exact) mass is 575 g/mol. The molecule has 2 amide bonds. The molecule has 0 aliphatic carbocycles. The Morgan fingerprint density at radius 1 is 1.12 bits per heavy atom. The van der Waals surface area contributed by atoms with Crippen molar-refractivity contribution >= 4 is 23.4 Å². The summed E-state index contributed by atoms with van der Waals surface area (Å²) in [6, 6.07) is 1.37. The SMILES string of the molecule is CO[C@H]1/C=C\C=C(/C)C(=O)Nc2cc(O)c(N3CCC3)c(c2O)CCC[C@H](OC)[C@H](O)[C@@H](C)CC(C)[C@@H]1OC(N)=O. The summed E-state index contributed by atoms with van der Waals surface area (Å²) >= 11 is 0. The van der Waals surface area contributed by atoms with E-state index in [-0.39, 0.29) is 29.0 Å². The predicted molar refractivity (Wildman–Crippen MR) is 156 cm³/mol. The number of aliphatic hydroxyl groups excluding tert-OH is 1. The van der Waals surface area contributed by atoms with E-state index >= 15 is 0 Å². The minimum absolute atomic E-state index is 0.0189. The van der Waals surface area contributed by atoms with Crippen LogP contribution in [0.15, 0.2) is 29.9 Å². The molecule has 11 heteroatoms. The number of anilines is 2. The molecule has 41 heavy (non-hydrogen) atoms. The maximum atomic E-state index is 13.0. The van der Waals surface area contributed by atoms with Gasteiger partial charge in [0.2, 0.25) is 0 Å². The van der Waals surface area contributed by atoms with Crippen LogP contribution < -0.4 is 16.0 Å². The first-order chi connectivity index (χ1) is 19.5. The fraction of sp³-hybridized carbons (Fsp3) is 0.600. The average molecular weight is 576 g/mol. The van der Waals surface area contributed by atoms with Gasteiger partial charge >= 0.3 is 6.09 Å². The molecule has 1 saturated heterocycles. The summed E-state index contributed by atoms with van der Waals surface area (Å²) in [5.41, 5.74) is 6.92. The number of aliphatic hydroxyl groups is 1. The number of aromatic hydroxyl groups is 2. The number of carbonyl (C=O) groups is 2. The summed E-state index contributed by atoms with van der Waals surface area (Å²) in [5.74, 6) is -1.04. The van der Waals surface area contributed by atoms with Gasteiger partial charge in [0, 0.05) is 44.5 Å². The van der Waals surface area contributed by atoms with Gasteiger partial charge in [-0.15, -0.1) is 0 Å². The fourth-order valence-electron chi connectivity index (χ4n) is 5.63. The van der Waals surface area contributed by atoms with Crippen molar-refractivity contribution in [1.29, 1.82) is 0 Å². The van der Waals surface area contributed by atoms with E-state index in [4.69, 9.17) is 19.9 Å². The lowest BCUT2D eigenvalue weighted by atomic mass is 9.84. The zero-order valence-corrected chi connectivity index (χ0v) is 24.6. The summed E-state index contributed by atoms with van der Waals surface area (Å²) in [7, 11) is 3.03. The highest BCUT2D eigenvalue weighted by Crippen LogP contribution is 2.45. The maximum absolute atomic E-state index is 13.0. The second-order valence-electron chi connectivity index (χ2n) is 11.1. The van der Waals surface area contributed by atoms with Crippen molar-refractivity contribution in [3.05, 3.63) is 35.4 Å². The number of benzene rings is 1. The lowest BCUT2D eigenvalue weighted by Crippen LogP contribution is -2.41. The number of nitrogens with two attached hydrogens (primary N) is 1. The number of phenolic OH excluding ortho intramolecular Hbond substituents is 2. The second kappa shape index (κ2) is 14.6. The van der Waals surface area contributed by atoms with Crippen molar-refractivity contribution in [1.82, 2.24) is 0 Å². The van der Waals surface area contributed by atoms with E-state index in [1.807, 2.05) is 18.7 Å². The van der Waals surface area contributed by atoms with Gasteiger partial charge in [-0.25, -0.2) is 4.79 Å². The quantitative estimate of drug-likeness (QED) is 0.267. The van der Waals surface area contributed by atoms with E-state index in [1.165, 1.54) is 13.2 Å². The van der Waals surface area contributed by atoms with Crippen LogP contribution in [0.4, 0.5) is 16.2 Å². The van der Waals surface area contributed by atoms with Gasteiger partial charge < -0.3 is 45.5 Å². The number of amides is 2. The number of allylic oxidation sites excluding steroid dienone is 2. The van der Waals surface area contributed by atoms with E-state index in [0.717, 1.165) is 19.5 Å². The number of carbonyl (C=O) groups excluding carboxylic acids is 2. The summed E-state index contributed by atoms with van der Waals surface area (Å²) in [5, 5.41) is 36.1. The van der Waals surface area contributed by atoms with Crippen LogP contribution in [0.5, 0.6) is 11.5 Å². The second-order valence-corrected chi connectivity index (χ2v) is 11.1. The van der Waals surface area contributed by atoms with Gasteiger partial charge in [0.25, 0.3) is 5.91 Å². The number of nitrogens with zero attached hydrogens (tertiary/aromatic N) is 1. The van der Waals surface area contributed by atoms with Gasteiger partial charge in [-0.05, 0) is 50.9 Å². The van der Waals surface area contributed by atoms with Crippen molar-refractivity contribution < 1.29 is 39.1 Å². The Morgan fingerprint density at radius 3 is 2.41 bits per heavy atom. The molecule has 0 spiro atoms. The Morgan fingerprint density at radius 2 is 1.83 bits per heavy atom. The number of phenols is 2. The standard InChI is InChI=1S/C30H45N3O8/c1-17-9-6-12-24(40-5)28(41-30(31)38)19(3)15-18(2)26(35)23(39-4)11-7-10-20-25(33-13-8-14-33)22(34)16-21(27(20)36)32-29(17)37/h6,9,12,16,18-19,23-24,26,28,34-36H,7-8,10-11,13-15H2,1-5H3,(H2,31,38)(H,32,37)/b12-6-,17-9+/t18-,19?,23-,24-,26+,28-/m0/s1. The molecule has 228 valence electrons. The fourth-order valence-corrected chi connectivity index (χ4v) is 5.63. The first-order valence-corrected chi connectivity index (χ1v) is 14.2. The number of ether oxygens (including phenoxy) is 3. The number of hydrogen-bond donors (Lipinski definition) is 5. The third-order valence-electron chi connectivity index (χ3n) is 8.11. The molecule has 2 aliphatic heterocycles. The summed E-state index contributed by atoms with van der Waals surface area (Å²) in [4.78, 5) is 26.7. The van der Waals surface area contributed by atoms with E-state index in [2.05, 4.69) is 5.32 Å². The maximum Gasteiger partial charge on any atom is 0.404 e. The van der Waals surface area contributed by atoms with Crippen LogP contribution in [0.2, 0.25) is 0 Å². The Hall–Kier alpha value is -3.28. The molecule has 0 saturated carbocycles. The average Bonchev–Trinajstić information content (AvgIpc) is 2.89. The Labute approximate surface area is 241 Å². The van der Waals surface area contributed by atoms with Crippen molar-refractivity contribution in [3.63, 3.8) is 0 Å². The van der Waals surface area contributed by atoms with Crippen molar-refractivity contribution in [2.75, 3.05) is 37.5 Å². The van der Waals surface area contributed by atoms with E-state index < -0.39 is 36.4 Å². The topological polar surface area (TPSA) is 164 Å². The number of fused-ring (bicyclic) bond motifs is 2. The van der Waals surface area contributed by atoms with Gasteiger partial charge in [-0.2, -0.15) is 0 Å².